The molecule has 8 nitrogen and oxygen atoms in total. The van der Waals surface area contributed by atoms with Crippen LogP contribution >= 0.6 is 0 Å². The maximum absolute atomic E-state index is 12.6. The fourth-order valence-corrected chi connectivity index (χ4v) is 2.53. The number of nitrogens with one attached hydrogen (secondary N) is 2. The summed E-state index contributed by atoms with van der Waals surface area (Å²) in [4.78, 5) is 28.4. The number of methoxy groups -OCH3 is 1. The van der Waals surface area contributed by atoms with Crippen LogP contribution < -0.4 is 16.5 Å². The van der Waals surface area contributed by atoms with E-state index in [1.165, 1.54) is 25.3 Å². The monoisotopic (exact) mass is 381 g/mol. The Morgan fingerprint density at radius 1 is 1.18 bits per heavy atom. The van der Waals surface area contributed by atoms with Crippen molar-refractivity contribution >= 4 is 28.9 Å². The van der Waals surface area contributed by atoms with Crippen molar-refractivity contribution in [2.24, 2.45) is 0 Å². The van der Waals surface area contributed by atoms with E-state index in [2.05, 4.69) is 15.0 Å². The second kappa shape index (κ2) is 9.31. The minimum atomic E-state index is -0.526. The molecule has 4 N–H and O–H groups in total. The van der Waals surface area contributed by atoms with E-state index >= 15 is 0 Å². The number of amides is 1. The van der Waals surface area contributed by atoms with E-state index in [-0.39, 0.29) is 16.9 Å². The highest BCUT2D eigenvalue weighted by molar-refractivity contribution is 5.96. The predicted molar refractivity (Wildman–Crippen MR) is 107 cm³/mol. The van der Waals surface area contributed by atoms with Gasteiger partial charge in [-0.3, -0.25) is 5.41 Å². The lowest BCUT2D eigenvalue weighted by molar-refractivity contribution is 0.0601. The smallest absolute Gasteiger partial charge is 0.337 e. The molecular formula is C20H23N5O3. The maximum Gasteiger partial charge on any atom is 0.337 e. The van der Waals surface area contributed by atoms with E-state index in [1.807, 2.05) is 44.2 Å². The van der Waals surface area contributed by atoms with Crippen molar-refractivity contribution in [1.29, 1.82) is 5.41 Å². The molecule has 8 heteroatoms. The lowest BCUT2D eigenvalue weighted by Gasteiger charge is -2.13. The van der Waals surface area contributed by atoms with Crippen LogP contribution in [0, 0.1) is 5.41 Å². The first-order chi connectivity index (χ1) is 13.5. The minimum absolute atomic E-state index is 0.116. The standard InChI is InChI=1S/C18H17N5O3.C2H6/c1-26-17(24)12-7-8-14-13(9-12)22-15(19)16(20)23(14)18(25)21-10-11-5-3-2-4-6-11;1-2/h2-9,20H,10H2,1H3,(H2,19,22)(H,21,25);1-2H3. The summed E-state index contributed by atoms with van der Waals surface area (Å²) < 4.78 is 5.81. The Balaban J connectivity index is 0.00000136. The van der Waals surface area contributed by atoms with Crippen LogP contribution in [-0.2, 0) is 11.3 Å². The summed E-state index contributed by atoms with van der Waals surface area (Å²) in [6.07, 6.45) is 0. The molecule has 2 aromatic carbocycles. The number of nitrogens with two attached hydrogens (primary N) is 1. The molecule has 0 aliphatic rings. The zero-order valence-electron chi connectivity index (χ0n) is 16.0. The summed E-state index contributed by atoms with van der Waals surface area (Å²) in [5.41, 5.74) is 7.43. The van der Waals surface area contributed by atoms with E-state index in [4.69, 9.17) is 11.1 Å². The van der Waals surface area contributed by atoms with E-state index < -0.39 is 12.0 Å². The third-order valence-electron chi connectivity index (χ3n) is 3.83. The number of esters is 1. The van der Waals surface area contributed by atoms with Crippen LogP contribution in [0.4, 0.5) is 10.6 Å². The molecule has 0 saturated carbocycles. The normalized spacial score (nSPS) is 9.96. The summed E-state index contributed by atoms with van der Waals surface area (Å²) in [5, 5.41) is 10.8. The molecule has 1 heterocycles. The zero-order valence-corrected chi connectivity index (χ0v) is 16.0. The van der Waals surface area contributed by atoms with Crippen LogP contribution in [0.25, 0.3) is 11.0 Å². The van der Waals surface area contributed by atoms with Gasteiger partial charge in [0.15, 0.2) is 11.3 Å². The number of hydrogen-bond acceptors (Lipinski definition) is 6. The average molecular weight is 381 g/mol. The number of aromatic nitrogens is 2. The summed E-state index contributed by atoms with van der Waals surface area (Å²) in [6, 6.07) is 13.4. The molecule has 3 rings (SSSR count). The van der Waals surface area contributed by atoms with E-state index in [1.54, 1.807) is 0 Å². The fourth-order valence-electron chi connectivity index (χ4n) is 2.53. The van der Waals surface area contributed by atoms with Gasteiger partial charge in [0.2, 0.25) is 0 Å². The molecule has 0 aliphatic carbocycles. The molecule has 0 bridgehead atoms. The minimum Gasteiger partial charge on any atom is -0.465 e. The van der Waals surface area contributed by atoms with Gasteiger partial charge >= 0.3 is 12.0 Å². The molecule has 1 amide bonds. The zero-order chi connectivity index (χ0) is 20.7. The SMILES string of the molecule is CC.COC(=O)c1ccc2c(c1)nc(N)c(=N)n2C(=O)NCc1ccccc1. The number of ether oxygens (including phenoxy) is 1. The number of nitrogen functional groups attached to an aromatic ring is 1. The number of benzene rings is 2. The molecule has 0 radical (unpaired) electrons. The number of carbonyl (C=O) groups is 2. The molecule has 28 heavy (non-hydrogen) atoms. The van der Waals surface area contributed by atoms with Crippen molar-refractivity contribution in [2.45, 2.75) is 20.4 Å². The molecule has 0 saturated heterocycles. The van der Waals surface area contributed by atoms with Crippen LogP contribution in [0.1, 0.15) is 29.8 Å². The molecule has 0 unspecified atom stereocenters. The highest BCUT2D eigenvalue weighted by Gasteiger charge is 2.15. The largest absolute Gasteiger partial charge is 0.465 e. The Morgan fingerprint density at radius 3 is 2.50 bits per heavy atom. The van der Waals surface area contributed by atoms with Gasteiger partial charge in [0.25, 0.3) is 0 Å². The number of anilines is 1. The van der Waals surface area contributed by atoms with Crippen molar-refractivity contribution in [2.75, 3.05) is 12.8 Å². The van der Waals surface area contributed by atoms with Gasteiger partial charge in [-0.25, -0.2) is 19.1 Å². The Hall–Kier alpha value is -3.68. The second-order valence-electron chi connectivity index (χ2n) is 5.52. The van der Waals surface area contributed by atoms with Crippen LogP contribution in [0.15, 0.2) is 48.5 Å². The number of nitrogens with zero attached hydrogens (tertiary/aromatic N) is 2. The van der Waals surface area contributed by atoms with Gasteiger partial charge in [0.1, 0.15) is 0 Å². The van der Waals surface area contributed by atoms with Gasteiger partial charge in [-0.1, -0.05) is 44.2 Å². The van der Waals surface area contributed by atoms with Gasteiger partial charge < -0.3 is 15.8 Å². The number of fused-ring (bicyclic) bond motifs is 1. The summed E-state index contributed by atoms with van der Waals surface area (Å²) in [5.74, 6) is -0.642. The van der Waals surface area contributed by atoms with Crippen LogP contribution in [0.2, 0.25) is 0 Å². The third-order valence-corrected chi connectivity index (χ3v) is 3.83. The predicted octanol–water partition coefficient (Wildman–Crippen LogP) is 2.67. The summed E-state index contributed by atoms with van der Waals surface area (Å²) >= 11 is 0. The van der Waals surface area contributed by atoms with Crippen molar-refractivity contribution in [3.63, 3.8) is 0 Å². The van der Waals surface area contributed by atoms with Gasteiger partial charge in [-0.2, -0.15) is 0 Å². The summed E-state index contributed by atoms with van der Waals surface area (Å²) in [7, 11) is 1.28. The van der Waals surface area contributed by atoms with Gasteiger partial charge in [0, 0.05) is 6.54 Å². The highest BCUT2D eigenvalue weighted by atomic mass is 16.5. The molecule has 0 aliphatic heterocycles. The van der Waals surface area contributed by atoms with Crippen molar-refractivity contribution in [3.05, 3.63) is 65.1 Å². The topological polar surface area (TPSA) is 123 Å². The maximum atomic E-state index is 12.6. The average Bonchev–Trinajstić information content (AvgIpc) is 2.74. The van der Waals surface area contributed by atoms with E-state index in [0.717, 1.165) is 10.1 Å². The van der Waals surface area contributed by atoms with Crippen molar-refractivity contribution in [1.82, 2.24) is 14.9 Å². The molecule has 3 aromatic rings. The Morgan fingerprint density at radius 2 is 1.86 bits per heavy atom. The highest BCUT2D eigenvalue weighted by Crippen LogP contribution is 2.15. The van der Waals surface area contributed by atoms with Gasteiger partial charge in [0.05, 0.1) is 23.7 Å². The number of hydrogen-bond donors (Lipinski definition) is 3. The van der Waals surface area contributed by atoms with E-state index in [9.17, 15) is 9.59 Å². The molecule has 0 spiro atoms. The molecular weight excluding hydrogens is 358 g/mol. The van der Waals surface area contributed by atoms with E-state index in [0.29, 0.717) is 17.6 Å². The Labute approximate surface area is 162 Å². The first-order valence-corrected chi connectivity index (χ1v) is 8.78. The van der Waals surface area contributed by atoms with Crippen molar-refractivity contribution < 1.29 is 14.3 Å². The van der Waals surface area contributed by atoms with Crippen LogP contribution in [-0.4, -0.2) is 28.7 Å². The second-order valence-corrected chi connectivity index (χ2v) is 5.52. The molecule has 0 atom stereocenters. The quantitative estimate of drug-likeness (QED) is 0.602. The van der Waals surface area contributed by atoms with Crippen LogP contribution in [0.5, 0.6) is 0 Å². The number of rotatable bonds is 3. The lowest BCUT2D eigenvalue weighted by Crippen LogP contribution is -2.37. The Bertz CT molecular complexity index is 1040. The fraction of sp³-hybridized carbons (Fsp3) is 0.200. The number of carbonyl (C=O) groups excluding carboxylic acids is 2. The first-order valence-electron chi connectivity index (χ1n) is 8.78. The molecule has 1 aromatic heterocycles. The first kappa shape index (κ1) is 20.6. The van der Waals surface area contributed by atoms with Crippen molar-refractivity contribution in [3.8, 4) is 0 Å². The summed E-state index contributed by atoms with van der Waals surface area (Å²) in [6.45, 7) is 4.30. The molecule has 146 valence electrons. The Kier molecular flexibility index (Phi) is 6.86. The van der Waals surface area contributed by atoms with Crippen LogP contribution in [0.3, 0.4) is 0 Å². The van der Waals surface area contributed by atoms with Gasteiger partial charge in [-0.05, 0) is 23.8 Å². The lowest BCUT2D eigenvalue weighted by atomic mass is 10.2. The third kappa shape index (κ3) is 4.35. The molecule has 0 fully saturated rings. The van der Waals surface area contributed by atoms with Gasteiger partial charge in [-0.15, -0.1) is 0 Å².